The fourth-order valence-electron chi connectivity index (χ4n) is 4.02. The van der Waals surface area contributed by atoms with Crippen molar-refractivity contribution in [2.75, 3.05) is 7.05 Å². The first-order chi connectivity index (χ1) is 15.8. The topological polar surface area (TPSA) is 120 Å². The molecule has 1 unspecified atom stereocenters. The number of ether oxygens (including phenoxy) is 2. The summed E-state index contributed by atoms with van der Waals surface area (Å²) >= 11 is 0. The van der Waals surface area contributed by atoms with Crippen LogP contribution in [-0.2, 0) is 23.2 Å². The lowest BCUT2D eigenvalue weighted by atomic mass is 9.87. The molecular formula is C23H33N5O5. The molecule has 1 aliphatic carbocycles. The number of aliphatic carboxylic acids is 1. The summed E-state index contributed by atoms with van der Waals surface area (Å²) in [6, 6.07) is 3.66. The monoisotopic (exact) mass is 459 g/mol. The van der Waals surface area contributed by atoms with Crippen LogP contribution in [0.5, 0.6) is 5.75 Å². The van der Waals surface area contributed by atoms with E-state index in [2.05, 4.69) is 22.2 Å². The van der Waals surface area contributed by atoms with E-state index in [0.29, 0.717) is 35.7 Å². The highest BCUT2D eigenvalue weighted by atomic mass is 16.6. The van der Waals surface area contributed by atoms with Crippen LogP contribution in [0, 0.1) is 5.92 Å². The highest BCUT2D eigenvalue weighted by Crippen LogP contribution is 2.29. The van der Waals surface area contributed by atoms with E-state index in [9.17, 15) is 14.7 Å². The summed E-state index contributed by atoms with van der Waals surface area (Å²) in [5.41, 5.74) is 1.75. The number of amides is 1. The minimum Gasteiger partial charge on any atom is -0.489 e. The smallest absolute Gasteiger partial charge is 0.410 e. The third-order valence-electron chi connectivity index (χ3n) is 6.19. The summed E-state index contributed by atoms with van der Waals surface area (Å²) in [7, 11) is 3.47. The lowest BCUT2D eigenvalue weighted by molar-refractivity contribution is -0.143. The van der Waals surface area contributed by atoms with Gasteiger partial charge in [0, 0.05) is 20.1 Å². The minimum absolute atomic E-state index is 0.0272. The lowest BCUT2D eigenvalue weighted by Gasteiger charge is -2.27. The zero-order valence-corrected chi connectivity index (χ0v) is 19.7. The Hall–Kier alpha value is -3.17. The fourth-order valence-corrected chi connectivity index (χ4v) is 4.02. The molecule has 0 spiro atoms. The summed E-state index contributed by atoms with van der Waals surface area (Å²) in [6.07, 6.45) is 5.82. The zero-order valence-electron chi connectivity index (χ0n) is 19.7. The third-order valence-corrected chi connectivity index (χ3v) is 6.19. The number of aromatic nitrogens is 4. The number of pyridine rings is 1. The summed E-state index contributed by atoms with van der Waals surface area (Å²) in [4.78, 5) is 29.7. The number of rotatable bonds is 9. The van der Waals surface area contributed by atoms with E-state index < -0.39 is 12.1 Å². The van der Waals surface area contributed by atoms with E-state index in [4.69, 9.17) is 9.47 Å². The Bertz CT molecular complexity index is 945. The molecule has 1 saturated carbocycles. The van der Waals surface area contributed by atoms with E-state index in [1.165, 1.54) is 0 Å². The molecule has 3 atom stereocenters. The van der Waals surface area contributed by atoms with Gasteiger partial charge in [-0.3, -0.25) is 9.78 Å². The van der Waals surface area contributed by atoms with Crippen molar-refractivity contribution >= 4 is 12.1 Å². The number of hydrogen-bond donors (Lipinski definition) is 1. The van der Waals surface area contributed by atoms with Gasteiger partial charge in [-0.15, -0.1) is 5.10 Å². The summed E-state index contributed by atoms with van der Waals surface area (Å²) in [5.74, 6) is -0.540. The first-order valence-corrected chi connectivity index (χ1v) is 11.4. The minimum atomic E-state index is -0.765. The third kappa shape index (κ3) is 6.21. The molecule has 10 nitrogen and oxygen atoms in total. The second-order valence-electron chi connectivity index (χ2n) is 8.63. The van der Waals surface area contributed by atoms with Crippen LogP contribution in [0.2, 0.25) is 0 Å². The van der Waals surface area contributed by atoms with Crippen LogP contribution >= 0.6 is 0 Å². The average molecular weight is 460 g/mol. The summed E-state index contributed by atoms with van der Waals surface area (Å²) < 4.78 is 13.0. The van der Waals surface area contributed by atoms with Crippen molar-refractivity contribution in [1.82, 2.24) is 24.9 Å². The Morgan fingerprint density at radius 3 is 2.79 bits per heavy atom. The number of carbonyl (C=O) groups excluding carboxylic acids is 1. The zero-order chi connectivity index (χ0) is 24.0. The molecule has 2 aromatic rings. The van der Waals surface area contributed by atoms with Crippen LogP contribution in [0.15, 0.2) is 18.3 Å². The van der Waals surface area contributed by atoms with Crippen LogP contribution in [0.4, 0.5) is 4.79 Å². The van der Waals surface area contributed by atoms with E-state index in [-0.39, 0.29) is 24.7 Å². The first kappa shape index (κ1) is 24.5. The van der Waals surface area contributed by atoms with Crippen molar-refractivity contribution in [3.05, 3.63) is 24.0 Å². The van der Waals surface area contributed by atoms with Gasteiger partial charge in [0.05, 0.1) is 23.9 Å². The average Bonchev–Trinajstić information content (AvgIpc) is 3.18. The van der Waals surface area contributed by atoms with Crippen molar-refractivity contribution in [3.8, 4) is 17.1 Å². The molecule has 0 bridgehead atoms. The molecule has 0 radical (unpaired) electrons. The van der Waals surface area contributed by atoms with Gasteiger partial charge >= 0.3 is 12.1 Å². The van der Waals surface area contributed by atoms with Crippen LogP contribution < -0.4 is 4.74 Å². The van der Waals surface area contributed by atoms with Crippen LogP contribution in [-0.4, -0.2) is 61.2 Å². The Labute approximate surface area is 193 Å². The maximum absolute atomic E-state index is 12.4. The van der Waals surface area contributed by atoms with Crippen molar-refractivity contribution in [3.63, 3.8) is 0 Å². The predicted molar refractivity (Wildman–Crippen MR) is 121 cm³/mol. The molecule has 33 heavy (non-hydrogen) atoms. The molecule has 0 saturated heterocycles. The summed E-state index contributed by atoms with van der Waals surface area (Å²) in [5, 5.41) is 17.5. The summed E-state index contributed by atoms with van der Waals surface area (Å²) in [6.45, 7) is 4.10. The van der Waals surface area contributed by atoms with Crippen molar-refractivity contribution in [1.29, 1.82) is 0 Å². The van der Waals surface area contributed by atoms with Gasteiger partial charge in [-0.25, -0.2) is 9.48 Å². The standard InChI is InChI=1S/C23H33N5O5/c1-5-7-15(2)27(3)23(31)32-14-20-21(25-26-28(20)4)19-11-10-18(13-24-19)33-17-9-6-8-16(12-17)22(29)30/h10-11,13,15-17H,5-9,12,14H2,1-4H3,(H,29,30)/t15?,16-,17-/m0/s1. The Kier molecular flexibility index (Phi) is 8.24. The number of carbonyl (C=O) groups is 2. The molecule has 1 fully saturated rings. The quantitative estimate of drug-likeness (QED) is 0.603. The van der Waals surface area contributed by atoms with Gasteiger partial charge in [-0.05, 0) is 51.2 Å². The van der Waals surface area contributed by atoms with Gasteiger partial charge in [0.2, 0.25) is 0 Å². The highest BCUT2D eigenvalue weighted by Gasteiger charge is 2.28. The maximum atomic E-state index is 12.4. The number of carboxylic acids is 1. The molecule has 3 rings (SSSR count). The predicted octanol–water partition coefficient (Wildman–Crippen LogP) is 3.66. The van der Waals surface area contributed by atoms with Crippen molar-refractivity contribution in [2.45, 2.75) is 71.1 Å². The Morgan fingerprint density at radius 1 is 1.33 bits per heavy atom. The number of nitrogens with zero attached hydrogens (tertiary/aromatic N) is 5. The lowest BCUT2D eigenvalue weighted by Crippen LogP contribution is -2.35. The Balaban J connectivity index is 1.63. The number of carboxylic acid groups (broad SMARTS) is 1. The molecule has 2 heterocycles. The van der Waals surface area contributed by atoms with Gasteiger partial charge in [0.25, 0.3) is 0 Å². The molecule has 1 N–H and O–H groups in total. The van der Waals surface area contributed by atoms with Crippen molar-refractivity contribution in [2.24, 2.45) is 13.0 Å². The number of hydrogen-bond acceptors (Lipinski definition) is 7. The van der Waals surface area contributed by atoms with Gasteiger partial charge in [0.1, 0.15) is 23.7 Å². The van der Waals surface area contributed by atoms with Crippen molar-refractivity contribution < 1.29 is 24.2 Å². The van der Waals surface area contributed by atoms with Gasteiger partial charge < -0.3 is 19.5 Å². The molecule has 1 amide bonds. The van der Waals surface area contributed by atoms with E-state index in [1.807, 2.05) is 6.92 Å². The molecule has 0 aromatic carbocycles. The molecule has 180 valence electrons. The second kappa shape index (κ2) is 11.1. The first-order valence-electron chi connectivity index (χ1n) is 11.4. The largest absolute Gasteiger partial charge is 0.489 e. The van der Waals surface area contributed by atoms with Gasteiger partial charge in [-0.1, -0.05) is 18.6 Å². The molecule has 0 aliphatic heterocycles. The number of aryl methyl sites for hydroxylation is 1. The highest BCUT2D eigenvalue weighted by molar-refractivity contribution is 5.70. The van der Waals surface area contributed by atoms with E-state index in [0.717, 1.165) is 25.7 Å². The molecular weight excluding hydrogens is 426 g/mol. The SMILES string of the molecule is CCCC(C)N(C)C(=O)OCc1c(-c2ccc(O[C@H]3CCC[C@H](C(=O)O)C3)cn2)nnn1C. The van der Waals surface area contributed by atoms with Crippen LogP contribution in [0.3, 0.4) is 0 Å². The molecule has 2 aromatic heterocycles. The maximum Gasteiger partial charge on any atom is 0.410 e. The molecule has 10 heteroatoms. The fraction of sp³-hybridized carbons (Fsp3) is 0.609. The van der Waals surface area contributed by atoms with E-state index in [1.54, 1.807) is 42.0 Å². The van der Waals surface area contributed by atoms with E-state index >= 15 is 0 Å². The van der Waals surface area contributed by atoms with Crippen LogP contribution in [0.1, 0.15) is 58.1 Å². The van der Waals surface area contributed by atoms with Crippen LogP contribution in [0.25, 0.3) is 11.4 Å². The Morgan fingerprint density at radius 2 is 2.12 bits per heavy atom. The van der Waals surface area contributed by atoms with Gasteiger partial charge in [0.15, 0.2) is 0 Å². The molecule has 1 aliphatic rings. The normalized spacial score (nSPS) is 19.0. The van der Waals surface area contributed by atoms with Gasteiger partial charge in [-0.2, -0.15) is 0 Å². The second-order valence-corrected chi connectivity index (χ2v) is 8.63.